The van der Waals surface area contributed by atoms with Gasteiger partial charge < -0.3 is 10.6 Å². The first-order valence-electron chi connectivity index (χ1n) is 7.74. The van der Waals surface area contributed by atoms with Gasteiger partial charge in [0.05, 0.1) is 5.69 Å². The van der Waals surface area contributed by atoms with E-state index in [-0.39, 0.29) is 0 Å². The third-order valence-corrected chi connectivity index (χ3v) is 3.95. The molecule has 1 aromatic carbocycles. The second-order valence-corrected chi connectivity index (χ2v) is 6.43. The van der Waals surface area contributed by atoms with Gasteiger partial charge in [-0.1, -0.05) is 29.8 Å². The van der Waals surface area contributed by atoms with Crippen molar-refractivity contribution in [1.29, 1.82) is 0 Å². The van der Waals surface area contributed by atoms with Crippen molar-refractivity contribution in [2.45, 2.75) is 45.2 Å². The largest absolute Gasteiger partial charge is 0.366 e. The lowest BCUT2D eigenvalue weighted by Gasteiger charge is -2.13. The first-order chi connectivity index (χ1) is 10.6. The van der Waals surface area contributed by atoms with Gasteiger partial charge in [-0.25, -0.2) is 4.98 Å². The first kappa shape index (κ1) is 15.1. The van der Waals surface area contributed by atoms with Crippen LogP contribution in [0, 0.1) is 0 Å². The fourth-order valence-corrected chi connectivity index (χ4v) is 2.50. The van der Waals surface area contributed by atoms with Gasteiger partial charge in [0.25, 0.3) is 0 Å². The Kier molecular flexibility index (Phi) is 4.48. The van der Waals surface area contributed by atoms with E-state index in [0.717, 1.165) is 22.1 Å². The Bertz CT molecular complexity index is 653. The van der Waals surface area contributed by atoms with Gasteiger partial charge in [-0.2, -0.15) is 4.98 Å². The number of benzene rings is 1. The summed E-state index contributed by atoms with van der Waals surface area (Å²) in [6.07, 6.45) is 2.45. The van der Waals surface area contributed by atoms with Crippen LogP contribution in [-0.2, 0) is 6.54 Å². The van der Waals surface area contributed by atoms with Crippen LogP contribution < -0.4 is 10.6 Å². The van der Waals surface area contributed by atoms with Crippen molar-refractivity contribution < 1.29 is 0 Å². The summed E-state index contributed by atoms with van der Waals surface area (Å²) >= 11 is 6.20. The molecule has 0 amide bonds. The quantitative estimate of drug-likeness (QED) is 0.827. The van der Waals surface area contributed by atoms with E-state index in [1.54, 1.807) is 0 Å². The number of hydrogen-bond acceptors (Lipinski definition) is 4. The average Bonchev–Trinajstić information content (AvgIpc) is 3.30. The van der Waals surface area contributed by atoms with Crippen LogP contribution in [-0.4, -0.2) is 16.0 Å². The molecule has 0 unspecified atom stereocenters. The summed E-state index contributed by atoms with van der Waals surface area (Å²) in [6, 6.07) is 10.2. The van der Waals surface area contributed by atoms with Crippen LogP contribution in [0.15, 0.2) is 30.3 Å². The van der Waals surface area contributed by atoms with Gasteiger partial charge in [0.1, 0.15) is 5.82 Å². The minimum Gasteiger partial charge on any atom is -0.366 e. The van der Waals surface area contributed by atoms with E-state index in [1.165, 1.54) is 12.8 Å². The summed E-state index contributed by atoms with van der Waals surface area (Å²) in [7, 11) is 0. The highest BCUT2D eigenvalue weighted by molar-refractivity contribution is 6.31. The molecule has 0 aliphatic heterocycles. The molecule has 116 valence electrons. The summed E-state index contributed by atoms with van der Waals surface area (Å²) in [5.74, 6) is 2.14. The van der Waals surface area contributed by atoms with Crippen LogP contribution in [0.25, 0.3) is 0 Å². The molecule has 1 aromatic heterocycles. The van der Waals surface area contributed by atoms with Crippen LogP contribution in [0.4, 0.5) is 11.8 Å². The van der Waals surface area contributed by atoms with Gasteiger partial charge in [0, 0.05) is 29.6 Å². The average molecular weight is 317 g/mol. The summed E-state index contributed by atoms with van der Waals surface area (Å²) in [5.41, 5.74) is 2.19. The van der Waals surface area contributed by atoms with E-state index < -0.39 is 0 Å². The first-order valence-corrected chi connectivity index (χ1v) is 8.12. The minimum absolute atomic E-state index is 0.311. The zero-order chi connectivity index (χ0) is 15.5. The van der Waals surface area contributed by atoms with Crippen LogP contribution in [0.5, 0.6) is 0 Å². The Morgan fingerprint density at radius 3 is 2.68 bits per heavy atom. The summed E-state index contributed by atoms with van der Waals surface area (Å²) in [6.45, 7) is 4.83. The van der Waals surface area contributed by atoms with Crippen molar-refractivity contribution in [3.8, 4) is 0 Å². The lowest BCUT2D eigenvalue weighted by atomic mass is 10.2. The molecule has 0 saturated heterocycles. The Hall–Kier alpha value is -1.81. The van der Waals surface area contributed by atoms with Crippen molar-refractivity contribution in [2.75, 3.05) is 10.6 Å². The Balaban J connectivity index is 1.77. The predicted molar refractivity (Wildman–Crippen MR) is 91.5 cm³/mol. The number of nitrogens with one attached hydrogen (secondary N) is 2. The number of anilines is 2. The molecule has 0 spiro atoms. The lowest BCUT2D eigenvalue weighted by Crippen LogP contribution is -2.14. The lowest BCUT2D eigenvalue weighted by molar-refractivity contribution is 0.862. The van der Waals surface area contributed by atoms with Crippen LogP contribution in [0.2, 0.25) is 5.02 Å². The Labute approximate surface area is 136 Å². The smallest absolute Gasteiger partial charge is 0.225 e. The van der Waals surface area contributed by atoms with Gasteiger partial charge in [-0.05, 0) is 38.3 Å². The van der Waals surface area contributed by atoms with Crippen molar-refractivity contribution in [3.63, 3.8) is 0 Å². The van der Waals surface area contributed by atoms with Gasteiger partial charge in [0.2, 0.25) is 5.95 Å². The molecule has 22 heavy (non-hydrogen) atoms. The molecule has 5 heteroatoms. The predicted octanol–water partition coefficient (Wildman–Crippen LogP) is 4.44. The van der Waals surface area contributed by atoms with Crippen LogP contribution >= 0.6 is 11.6 Å². The molecular formula is C17H21ClN4. The molecule has 2 aromatic rings. The zero-order valence-electron chi connectivity index (χ0n) is 12.9. The third kappa shape index (κ3) is 3.89. The van der Waals surface area contributed by atoms with Crippen LogP contribution in [0.3, 0.4) is 0 Å². The minimum atomic E-state index is 0.311. The van der Waals surface area contributed by atoms with Crippen molar-refractivity contribution in [3.05, 3.63) is 46.6 Å². The molecule has 1 aliphatic rings. The van der Waals surface area contributed by atoms with Crippen molar-refractivity contribution in [1.82, 2.24) is 9.97 Å². The van der Waals surface area contributed by atoms with Gasteiger partial charge in [0.15, 0.2) is 0 Å². The van der Waals surface area contributed by atoms with Gasteiger partial charge in [-0.3, -0.25) is 0 Å². The molecule has 2 N–H and O–H groups in total. The Morgan fingerprint density at radius 2 is 2.00 bits per heavy atom. The van der Waals surface area contributed by atoms with E-state index >= 15 is 0 Å². The fraction of sp³-hybridized carbons (Fsp3) is 0.412. The molecule has 1 saturated carbocycles. The number of hydrogen-bond donors (Lipinski definition) is 2. The maximum absolute atomic E-state index is 6.20. The number of rotatable bonds is 6. The molecule has 3 rings (SSSR count). The zero-order valence-corrected chi connectivity index (χ0v) is 13.7. The maximum atomic E-state index is 6.20. The monoisotopic (exact) mass is 316 g/mol. The summed E-state index contributed by atoms with van der Waals surface area (Å²) in [5, 5.41) is 7.42. The normalized spacial score (nSPS) is 14.2. The summed E-state index contributed by atoms with van der Waals surface area (Å²) in [4.78, 5) is 9.17. The standard InChI is InChI=1S/C17H21ClN4/c1-11(2)20-17-21-15(12-7-8-12)9-16(22-17)19-10-13-5-3-4-6-14(13)18/h3-6,9,11-12H,7-8,10H2,1-2H3,(H2,19,20,21,22). The summed E-state index contributed by atoms with van der Waals surface area (Å²) < 4.78 is 0. The second-order valence-electron chi connectivity index (χ2n) is 6.02. The molecule has 1 fully saturated rings. The van der Waals surface area contributed by atoms with E-state index in [0.29, 0.717) is 24.5 Å². The molecule has 0 radical (unpaired) electrons. The molecule has 0 atom stereocenters. The highest BCUT2D eigenvalue weighted by Crippen LogP contribution is 2.40. The molecule has 4 nitrogen and oxygen atoms in total. The number of halogens is 1. The maximum Gasteiger partial charge on any atom is 0.225 e. The van der Waals surface area contributed by atoms with E-state index in [9.17, 15) is 0 Å². The third-order valence-electron chi connectivity index (χ3n) is 3.58. The molecule has 1 aliphatic carbocycles. The SMILES string of the molecule is CC(C)Nc1nc(NCc2ccccc2Cl)cc(C2CC2)n1. The molecule has 0 bridgehead atoms. The van der Waals surface area contributed by atoms with E-state index in [4.69, 9.17) is 11.6 Å². The number of aromatic nitrogens is 2. The number of nitrogens with zero attached hydrogens (tertiary/aromatic N) is 2. The van der Waals surface area contributed by atoms with Gasteiger partial charge in [-0.15, -0.1) is 0 Å². The highest BCUT2D eigenvalue weighted by atomic mass is 35.5. The second kappa shape index (κ2) is 6.53. The van der Waals surface area contributed by atoms with Crippen LogP contribution in [0.1, 0.15) is 43.9 Å². The van der Waals surface area contributed by atoms with Crippen molar-refractivity contribution >= 4 is 23.4 Å². The Morgan fingerprint density at radius 1 is 1.23 bits per heavy atom. The topological polar surface area (TPSA) is 49.8 Å². The molecular weight excluding hydrogens is 296 g/mol. The van der Waals surface area contributed by atoms with Gasteiger partial charge >= 0.3 is 0 Å². The molecule has 1 heterocycles. The fourth-order valence-electron chi connectivity index (χ4n) is 2.30. The van der Waals surface area contributed by atoms with Crippen molar-refractivity contribution in [2.24, 2.45) is 0 Å². The van der Waals surface area contributed by atoms with E-state index in [1.807, 2.05) is 24.3 Å². The van der Waals surface area contributed by atoms with E-state index in [2.05, 4.69) is 40.5 Å². The highest BCUT2D eigenvalue weighted by Gasteiger charge is 2.26.